The number of piperidine rings is 1. The zero-order chi connectivity index (χ0) is 11.2. The third-order valence-electron chi connectivity index (χ3n) is 4.21. The van der Waals surface area contributed by atoms with Crippen molar-refractivity contribution in [3.63, 3.8) is 0 Å². The molecule has 3 heterocycles. The average Bonchev–Trinajstić information content (AvgIpc) is 2.77. The molecule has 0 aliphatic carbocycles. The Labute approximate surface area is 102 Å². The van der Waals surface area contributed by atoms with E-state index in [-0.39, 0.29) is 0 Å². The van der Waals surface area contributed by atoms with E-state index in [0.717, 1.165) is 12.2 Å². The molecule has 4 rings (SSSR count). The van der Waals surface area contributed by atoms with Gasteiger partial charge in [-0.3, -0.25) is 0 Å². The van der Waals surface area contributed by atoms with Crippen LogP contribution in [-0.4, -0.2) is 24.1 Å². The molecule has 1 aromatic rings. The number of para-hydroxylation sites is 1. The molecule has 88 valence electrons. The van der Waals surface area contributed by atoms with Gasteiger partial charge in [0.15, 0.2) is 0 Å². The molecular formula is C15H17NO. The van der Waals surface area contributed by atoms with E-state index in [1.54, 1.807) is 5.70 Å². The van der Waals surface area contributed by atoms with E-state index >= 15 is 0 Å². The molecule has 17 heavy (non-hydrogen) atoms. The van der Waals surface area contributed by atoms with Crippen LogP contribution in [0.3, 0.4) is 0 Å². The van der Waals surface area contributed by atoms with Crippen molar-refractivity contribution in [2.45, 2.75) is 31.8 Å². The Morgan fingerprint density at radius 2 is 2.06 bits per heavy atom. The van der Waals surface area contributed by atoms with Crippen LogP contribution in [0.4, 0.5) is 0 Å². The van der Waals surface area contributed by atoms with E-state index < -0.39 is 0 Å². The molecule has 1 atom stereocenters. The molecule has 1 unspecified atom stereocenters. The fourth-order valence-electron chi connectivity index (χ4n) is 3.44. The first-order valence-electron chi connectivity index (χ1n) is 6.67. The Balaban J connectivity index is 1.88. The van der Waals surface area contributed by atoms with Gasteiger partial charge in [-0.05, 0) is 25.3 Å². The molecule has 3 aliphatic heterocycles. The molecule has 0 bridgehead atoms. The fourth-order valence-corrected chi connectivity index (χ4v) is 3.44. The summed E-state index contributed by atoms with van der Waals surface area (Å²) in [5.41, 5.74) is 4.41. The molecular weight excluding hydrogens is 210 g/mol. The van der Waals surface area contributed by atoms with Crippen LogP contribution < -0.4 is 4.74 Å². The van der Waals surface area contributed by atoms with E-state index in [9.17, 15) is 0 Å². The smallest absolute Gasteiger partial charge is 0.128 e. The van der Waals surface area contributed by atoms with Gasteiger partial charge in [0.25, 0.3) is 0 Å². The zero-order valence-electron chi connectivity index (χ0n) is 9.98. The lowest BCUT2D eigenvalue weighted by Gasteiger charge is -2.38. The molecule has 0 spiro atoms. The predicted octanol–water partition coefficient (Wildman–Crippen LogP) is 3.05. The van der Waals surface area contributed by atoms with Crippen LogP contribution in [0.25, 0.3) is 5.57 Å². The molecule has 0 N–H and O–H groups in total. The summed E-state index contributed by atoms with van der Waals surface area (Å²) in [6.45, 7) is 2.42. The lowest BCUT2D eigenvalue weighted by Crippen LogP contribution is -2.37. The summed E-state index contributed by atoms with van der Waals surface area (Å²) < 4.78 is 6.08. The average molecular weight is 227 g/mol. The third-order valence-corrected chi connectivity index (χ3v) is 4.21. The first-order valence-corrected chi connectivity index (χ1v) is 6.67. The Morgan fingerprint density at radius 3 is 3.06 bits per heavy atom. The van der Waals surface area contributed by atoms with Gasteiger partial charge in [0.2, 0.25) is 0 Å². The van der Waals surface area contributed by atoms with Gasteiger partial charge in [-0.2, -0.15) is 0 Å². The number of fused-ring (bicyclic) bond motifs is 4. The molecule has 2 heteroatoms. The second-order valence-corrected chi connectivity index (χ2v) is 5.20. The summed E-state index contributed by atoms with van der Waals surface area (Å²) in [7, 11) is 0. The van der Waals surface area contributed by atoms with Crippen LogP contribution in [-0.2, 0) is 0 Å². The highest BCUT2D eigenvalue weighted by molar-refractivity contribution is 5.79. The lowest BCUT2D eigenvalue weighted by molar-refractivity contribution is 0.197. The van der Waals surface area contributed by atoms with Crippen molar-refractivity contribution in [3.05, 3.63) is 35.5 Å². The second kappa shape index (κ2) is 3.52. The largest absolute Gasteiger partial charge is 0.485 e. The highest BCUT2D eigenvalue weighted by Gasteiger charge is 2.36. The van der Waals surface area contributed by atoms with E-state index in [1.165, 1.54) is 43.5 Å². The number of hydrogen-bond donors (Lipinski definition) is 0. The van der Waals surface area contributed by atoms with Gasteiger partial charge >= 0.3 is 0 Å². The predicted molar refractivity (Wildman–Crippen MR) is 67.8 cm³/mol. The van der Waals surface area contributed by atoms with Crippen LogP contribution in [0.5, 0.6) is 5.75 Å². The lowest BCUT2D eigenvalue weighted by atomic mass is 9.90. The third kappa shape index (κ3) is 1.33. The first-order chi connectivity index (χ1) is 8.43. The normalized spacial score (nSPS) is 26.1. The number of allylic oxidation sites excluding steroid dienone is 1. The van der Waals surface area contributed by atoms with Crippen molar-refractivity contribution in [2.24, 2.45) is 0 Å². The van der Waals surface area contributed by atoms with Gasteiger partial charge in [-0.15, -0.1) is 0 Å². The van der Waals surface area contributed by atoms with Crippen LogP contribution in [0.15, 0.2) is 30.0 Å². The van der Waals surface area contributed by atoms with Crippen molar-refractivity contribution < 1.29 is 4.74 Å². The summed E-state index contributed by atoms with van der Waals surface area (Å²) >= 11 is 0. The molecule has 1 fully saturated rings. The fraction of sp³-hybridized carbons (Fsp3) is 0.467. The molecule has 0 aromatic heterocycles. The van der Waals surface area contributed by atoms with Crippen molar-refractivity contribution in [2.75, 3.05) is 13.1 Å². The molecule has 1 saturated heterocycles. The first kappa shape index (κ1) is 9.58. The van der Waals surface area contributed by atoms with Crippen molar-refractivity contribution in [3.8, 4) is 5.75 Å². The van der Waals surface area contributed by atoms with Gasteiger partial charge in [0.05, 0.1) is 0 Å². The van der Waals surface area contributed by atoms with E-state index in [0.29, 0.717) is 6.10 Å². The van der Waals surface area contributed by atoms with Crippen LogP contribution >= 0.6 is 0 Å². The standard InChI is InChI=1S/C15H17NO/c1-2-7-13-11(5-1)15-12-6-3-4-9-16(12)10-8-14(15)17-13/h1-2,5,7,14H,3-4,6,8-10H2. The van der Waals surface area contributed by atoms with E-state index in [4.69, 9.17) is 4.74 Å². The van der Waals surface area contributed by atoms with E-state index in [1.807, 2.05) is 0 Å². The van der Waals surface area contributed by atoms with Gasteiger partial charge < -0.3 is 9.64 Å². The summed E-state index contributed by atoms with van der Waals surface area (Å²) in [5.74, 6) is 1.09. The summed E-state index contributed by atoms with van der Waals surface area (Å²) in [6.07, 6.45) is 5.40. The molecule has 3 aliphatic rings. The van der Waals surface area contributed by atoms with Crippen molar-refractivity contribution in [1.82, 2.24) is 4.90 Å². The van der Waals surface area contributed by atoms with Crippen LogP contribution in [0, 0.1) is 0 Å². The Bertz CT molecular complexity index is 491. The summed E-state index contributed by atoms with van der Waals surface area (Å²) in [5, 5.41) is 0. The van der Waals surface area contributed by atoms with Gasteiger partial charge in [-0.1, -0.05) is 18.2 Å². The van der Waals surface area contributed by atoms with E-state index in [2.05, 4.69) is 29.2 Å². The van der Waals surface area contributed by atoms with Gasteiger partial charge in [0, 0.05) is 36.3 Å². The summed E-state index contributed by atoms with van der Waals surface area (Å²) in [4.78, 5) is 2.58. The van der Waals surface area contributed by atoms with Gasteiger partial charge in [0.1, 0.15) is 11.9 Å². The minimum atomic E-state index is 0.330. The highest BCUT2D eigenvalue weighted by Crippen LogP contribution is 2.45. The molecule has 0 radical (unpaired) electrons. The number of hydrogen-bond acceptors (Lipinski definition) is 2. The number of ether oxygens (including phenoxy) is 1. The van der Waals surface area contributed by atoms with Crippen LogP contribution in [0.2, 0.25) is 0 Å². The Hall–Kier alpha value is -1.44. The number of benzene rings is 1. The Morgan fingerprint density at radius 1 is 1.12 bits per heavy atom. The van der Waals surface area contributed by atoms with Crippen LogP contribution in [0.1, 0.15) is 31.2 Å². The number of nitrogens with zero attached hydrogens (tertiary/aromatic N) is 1. The monoisotopic (exact) mass is 227 g/mol. The zero-order valence-corrected chi connectivity index (χ0v) is 9.98. The molecule has 0 saturated carbocycles. The maximum atomic E-state index is 6.08. The highest BCUT2D eigenvalue weighted by atomic mass is 16.5. The molecule has 2 nitrogen and oxygen atoms in total. The molecule has 1 aromatic carbocycles. The second-order valence-electron chi connectivity index (χ2n) is 5.20. The number of rotatable bonds is 0. The van der Waals surface area contributed by atoms with Gasteiger partial charge in [-0.25, -0.2) is 0 Å². The maximum absolute atomic E-state index is 6.08. The van der Waals surface area contributed by atoms with Crippen molar-refractivity contribution in [1.29, 1.82) is 0 Å². The summed E-state index contributed by atoms with van der Waals surface area (Å²) in [6, 6.07) is 8.52. The van der Waals surface area contributed by atoms with Crippen molar-refractivity contribution >= 4 is 5.57 Å². The SMILES string of the molecule is c1ccc2c(c1)OC1CCN3CCCCC3=C21. The quantitative estimate of drug-likeness (QED) is 0.675. The minimum Gasteiger partial charge on any atom is -0.485 e. The molecule has 0 amide bonds. The Kier molecular flexibility index (Phi) is 1.99. The maximum Gasteiger partial charge on any atom is 0.128 e. The minimum absolute atomic E-state index is 0.330. The topological polar surface area (TPSA) is 12.5 Å².